The molecular formula is C13H14N2O. The summed E-state index contributed by atoms with van der Waals surface area (Å²) in [7, 11) is 0. The van der Waals surface area contributed by atoms with Crippen LogP contribution in [-0.4, -0.2) is 18.1 Å². The van der Waals surface area contributed by atoms with Crippen LogP contribution in [0.4, 0.5) is 5.69 Å². The van der Waals surface area contributed by atoms with E-state index in [9.17, 15) is 4.79 Å². The van der Waals surface area contributed by atoms with Gasteiger partial charge in [0, 0.05) is 41.8 Å². The lowest BCUT2D eigenvalue weighted by Crippen LogP contribution is -2.18. The molecule has 1 aromatic heterocycles. The summed E-state index contributed by atoms with van der Waals surface area (Å²) in [6.07, 6.45) is 4.29. The van der Waals surface area contributed by atoms with E-state index in [2.05, 4.69) is 16.0 Å². The Morgan fingerprint density at radius 1 is 1.19 bits per heavy atom. The number of aromatic nitrogens is 1. The Hall–Kier alpha value is -1.77. The molecule has 0 amide bonds. The number of nitrogens with one attached hydrogen (secondary N) is 1. The van der Waals surface area contributed by atoms with Crippen LogP contribution in [0.3, 0.4) is 0 Å². The third-order valence-corrected chi connectivity index (χ3v) is 3.21. The topological polar surface area (TPSA) is 36.1 Å². The number of nitrogens with zero attached hydrogens (tertiary/aromatic N) is 1. The lowest BCUT2D eigenvalue weighted by Gasteiger charge is -2.19. The summed E-state index contributed by atoms with van der Waals surface area (Å²) in [4.78, 5) is 16.5. The maximum atomic E-state index is 11.4. The van der Waals surface area contributed by atoms with Crippen molar-refractivity contribution in [2.45, 2.75) is 12.8 Å². The summed E-state index contributed by atoms with van der Waals surface area (Å²) >= 11 is 0. The number of rotatable bonds is 1. The Bertz CT molecular complexity index is 567. The van der Waals surface area contributed by atoms with Crippen molar-refractivity contribution in [2.75, 3.05) is 18.0 Å². The van der Waals surface area contributed by atoms with Gasteiger partial charge in [0.1, 0.15) is 0 Å². The van der Waals surface area contributed by atoms with Gasteiger partial charge in [0.2, 0.25) is 5.56 Å². The van der Waals surface area contributed by atoms with Crippen LogP contribution in [0, 0.1) is 0 Å². The third-order valence-electron chi connectivity index (χ3n) is 3.21. The van der Waals surface area contributed by atoms with Gasteiger partial charge in [-0.25, -0.2) is 0 Å². The van der Waals surface area contributed by atoms with E-state index in [0.29, 0.717) is 0 Å². The van der Waals surface area contributed by atoms with Crippen LogP contribution in [0.2, 0.25) is 0 Å². The quantitative estimate of drug-likeness (QED) is 0.789. The van der Waals surface area contributed by atoms with Crippen molar-refractivity contribution in [1.29, 1.82) is 0 Å². The zero-order chi connectivity index (χ0) is 11.0. The van der Waals surface area contributed by atoms with Gasteiger partial charge in [-0.1, -0.05) is 12.1 Å². The van der Waals surface area contributed by atoms with Crippen molar-refractivity contribution in [3.05, 3.63) is 40.8 Å². The average Bonchev–Trinajstić information content (AvgIpc) is 2.81. The Balaban J connectivity index is 2.22. The summed E-state index contributed by atoms with van der Waals surface area (Å²) in [6, 6.07) is 7.88. The van der Waals surface area contributed by atoms with Gasteiger partial charge in [0.05, 0.1) is 0 Å². The van der Waals surface area contributed by atoms with Crippen molar-refractivity contribution in [3.63, 3.8) is 0 Å². The van der Waals surface area contributed by atoms with E-state index in [1.54, 1.807) is 12.3 Å². The number of benzene rings is 1. The van der Waals surface area contributed by atoms with Gasteiger partial charge in [-0.3, -0.25) is 4.79 Å². The molecule has 1 N–H and O–H groups in total. The molecule has 1 aliphatic rings. The highest BCUT2D eigenvalue weighted by atomic mass is 16.1. The smallest absolute Gasteiger partial charge is 0.248 e. The minimum atomic E-state index is -0.0286. The lowest BCUT2D eigenvalue weighted by molar-refractivity contribution is 0.949. The van der Waals surface area contributed by atoms with Gasteiger partial charge in [0.15, 0.2) is 0 Å². The molecule has 1 fully saturated rings. The number of pyridine rings is 1. The SMILES string of the molecule is O=c1cc2c(N3CCCC3)cccc2c[nH]1. The molecule has 0 bridgehead atoms. The first-order valence-electron chi connectivity index (χ1n) is 5.71. The summed E-state index contributed by atoms with van der Waals surface area (Å²) in [6.45, 7) is 2.21. The van der Waals surface area contributed by atoms with Crippen LogP contribution >= 0.6 is 0 Å². The van der Waals surface area contributed by atoms with Crippen LogP contribution in [-0.2, 0) is 0 Å². The maximum Gasteiger partial charge on any atom is 0.248 e. The molecule has 0 radical (unpaired) electrons. The zero-order valence-corrected chi connectivity index (χ0v) is 9.07. The Labute approximate surface area is 93.7 Å². The van der Waals surface area contributed by atoms with E-state index in [0.717, 1.165) is 23.9 Å². The molecule has 1 aliphatic heterocycles. The first-order chi connectivity index (χ1) is 7.84. The van der Waals surface area contributed by atoms with E-state index in [1.807, 2.05) is 12.1 Å². The predicted molar refractivity (Wildman–Crippen MR) is 66.0 cm³/mol. The number of anilines is 1. The molecule has 0 aliphatic carbocycles. The number of hydrogen-bond acceptors (Lipinski definition) is 2. The van der Waals surface area contributed by atoms with Gasteiger partial charge < -0.3 is 9.88 Å². The predicted octanol–water partition coefficient (Wildman–Crippen LogP) is 2.13. The molecule has 0 atom stereocenters. The fraction of sp³-hybridized carbons (Fsp3) is 0.308. The molecule has 0 saturated carbocycles. The number of aromatic amines is 1. The molecule has 16 heavy (non-hydrogen) atoms. The van der Waals surface area contributed by atoms with E-state index < -0.39 is 0 Å². The van der Waals surface area contributed by atoms with Crippen LogP contribution in [0.1, 0.15) is 12.8 Å². The molecular weight excluding hydrogens is 200 g/mol. The minimum Gasteiger partial charge on any atom is -0.371 e. The number of fused-ring (bicyclic) bond motifs is 1. The molecule has 0 spiro atoms. The highest BCUT2D eigenvalue weighted by Crippen LogP contribution is 2.27. The Kier molecular flexibility index (Phi) is 2.17. The van der Waals surface area contributed by atoms with Gasteiger partial charge in [-0.15, -0.1) is 0 Å². The van der Waals surface area contributed by atoms with Gasteiger partial charge >= 0.3 is 0 Å². The average molecular weight is 214 g/mol. The highest BCUT2D eigenvalue weighted by Gasteiger charge is 2.14. The second-order valence-electron chi connectivity index (χ2n) is 4.27. The monoisotopic (exact) mass is 214 g/mol. The molecule has 1 aromatic carbocycles. The van der Waals surface area contributed by atoms with Crippen LogP contribution < -0.4 is 10.5 Å². The third kappa shape index (κ3) is 1.48. The lowest BCUT2D eigenvalue weighted by atomic mass is 10.1. The van der Waals surface area contributed by atoms with Crippen molar-refractivity contribution in [1.82, 2.24) is 4.98 Å². The number of H-pyrrole nitrogens is 1. The molecule has 3 rings (SSSR count). The van der Waals surface area contributed by atoms with E-state index in [4.69, 9.17) is 0 Å². The van der Waals surface area contributed by atoms with E-state index in [1.165, 1.54) is 18.5 Å². The molecule has 0 unspecified atom stereocenters. The van der Waals surface area contributed by atoms with E-state index in [-0.39, 0.29) is 5.56 Å². The second kappa shape index (κ2) is 3.67. The first-order valence-corrected chi connectivity index (χ1v) is 5.71. The molecule has 3 heteroatoms. The van der Waals surface area contributed by atoms with Crippen molar-refractivity contribution < 1.29 is 0 Å². The fourth-order valence-electron chi connectivity index (χ4n) is 2.41. The standard InChI is InChI=1S/C13H14N2O/c16-13-8-11-10(9-14-13)4-3-5-12(11)15-6-1-2-7-15/h3-5,8-9H,1-2,6-7H2,(H,14,16). The first kappa shape index (κ1) is 9.46. The second-order valence-corrected chi connectivity index (χ2v) is 4.27. The van der Waals surface area contributed by atoms with Crippen molar-refractivity contribution >= 4 is 16.5 Å². The summed E-state index contributed by atoms with van der Waals surface area (Å²) in [5, 5.41) is 2.16. The zero-order valence-electron chi connectivity index (χ0n) is 9.07. The van der Waals surface area contributed by atoms with Gasteiger partial charge in [0.25, 0.3) is 0 Å². The minimum absolute atomic E-state index is 0.0286. The highest BCUT2D eigenvalue weighted by molar-refractivity contribution is 5.93. The van der Waals surface area contributed by atoms with Crippen LogP contribution in [0.25, 0.3) is 10.8 Å². The summed E-state index contributed by atoms with van der Waals surface area (Å²) in [5.41, 5.74) is 1.17. The molecule has 3 nitrogen and oxygen atoms in total. The largest absolute Gasteiger partial charge is 0.371 e. The summed E-state index contributed by atoms with van der Waals surface area (Å²) in [5.74, 6) is 0. The Morgan fingerprint density at radius 3 is 2.81 bits per heavy atom. The Morgan fingerprint density at radius 2 is 2.00 bits per heavy atom. The van der Waals surface area contributed by atoms with Gasteiger partial charge in [-0.05, 0) is 18.9 Å². The number of hydrogen-bond donors (Lipinski definition) is 1. The molecule has 1 saturated heterocycles. The summed E-state index contributed by atoms with van der Waals surface area (Å²) < 4.78 is 0. The van der Waals surface area contributed by atoms with Crippen LogP contribution in [0.5, 0.6) is 0 Å². The molecule has 2 aromatic rings. The van der Waals surface area contributed by atoms with Crippen molar-refractivity contribution in [2.24, 2.45) is 0 Å². The van der Waals surface area contributed by atoms with Gasteiger partial charge in [-0.2, -0.15) is 0 Å². The van der Waals surface area contributed by atoms with E-state index >= 15 is 0 Å². The molecule has 82 valence electrons. The van der Waals surface area contributed by atoms with Crippen LogP contribution in [0.15, 0.2) is 35.3 Å². The normalized spacial score (nSPS) is 15.9. The van der Waals surface area contributed by atoms with Crippen molar-refractivity contribution in [3.8, 4) is 0 Å². The fourth-order valence-corrected chi connectivity index (χ4v) is 2.41. The molecule has 2 heterocycles. The maximum absolute atomic E-state index is 11.4.